The minimum absolute atomic E-state index is 0.0127. The first-order valence-corrected chi connectivity index (χ1v) is 14.3. The van der Waals surface area contributed by atoms with Crippen LogP contribution in [0.15, 0.2) is 48.5 Å². The van der Waals surface area contributed by atoms with E-state index in [9.17, 15) is 14.4 Å². The highest BCUT2D eigenvalue weighted by atomic mass is 35.5. The van der Waals surface area contributed by atoms with Gasteiger partial charge in [0.25, 0.3) is 5.91 Å². The van der Waals surface area contributed by atoms with E-state index in [1.165, 1.54) is 12.8 Å². The second-order valence-corrected chi connectivity index (χ2v) is 11.0. The predicted molar refractivity (Wildman–Crippen MR) is 152 cm³/mol. The van der Waals surface area contributed by atoms with Gasteiger partial charge in [-0.25, -0.2) is 0 Å². The van der Waals surface area contributed by atoms with Gasteiger partial charge in [-0.3, -0.25) is 19.3 Å². The number of halogens is 1. The summed E-state index contributed by atoms with van der Waals surface area (Å²) in [4.78, 5) is 43.3. The van der Waals surface area contributed by atoms with Crippen molar-refractivity contribution in [2.24, 2.45) is 0 Å². The number of rotatable bonds is 5. The number of likely N-dealkylation sites (N-methyl/N-ethyl adjacent to an activating group) is 1. The van der Waals surface area contributed by atoms with Gasteiger partial charge in [-0.1, -0.05) is 54.8 Å². The average Bonchev–Trinajstić information content (AvgIpc) is 3.46. The van der Waals surface area contributed by atoms with Crippen molar-refractivity contribution in [3.05, 3.63) is 64.7 Å². The third-order valence-corrected chi connectivity index (χ3v) is 7.71. The molecule has 1 atom stereocenters. The molecule has 0 unspecified atom stereocenters. The molecule has 0 saturated heterocycles. The molecule has 4 rings (SSSR count). The molecule has 39 heavy (non-hydrogen) atoms. The lowest BCUT2D eigenvalue weighted by Gasteiger charge is -2.29. The van der Waals surface area contributed by atoms with Crippen LogP contribution >= 0.6 is 11.6 Å². The Morgan fingerprint density at radius 3 is 2.62 bits per heavy atom. The Hall–Kier alpha value is -3.10. The van der Waals surface area contributed by atoms with Gasteiger partial charge >= 0.3 is 0 Å². The topological polar surface area (TPSA) is 91.0 Å². The van der Waals surface area contributed by atoms with Crippen molar-refractivity contribution in [2.45, 2.75) is 57.0 Å². The number of carbonyl (C=O) groups excluding carboxylic acids is 3. The van der Waals surface area contributed by atoms with E-state index < -0.39 is 0 Å². The Bertz CT molecular complexity index is 1120. The Balaban J connectivity index is 1.51. The summed E-state index contributed by atoms with van der Waals surface area (Å²) in [5.74, 6) is -0.134. The van der Waals surface area contributed by atoms with E-state index >= 15 is 0 Å². The zero-order valence-corrected chi connectivity index (χ0v) is 23.4. The summed E-state index contributed by atoms with van der Waals surface area (Å²) in [6.07, 6.45) is 6.49. The van der Waals surface area contributed by atoms with Crippen LogP contribution in [0.2, 0.25) is 5.02 Å². The van der Waals surface area contributed by atoms with E-state index in [-0.39, 0.29) is 36.9 Å². The zero-order valence-electron chi connectivity index (χ0n) is 22.7. The lowest BCUT2D eigenvalue weighted by molar-refractivity contribution is -0.137. The third-order valence-electron chi connectivity index (χ3n) is 7.48. The van der Waals surface area contributed by atoms with E-state index in [1.54, 1.807) is 23.1 Å². The SMILES string of the molecule is CN(CC(=O)N1CCCCNC(=O)c2cc(Cl)ccc2OC[C@H](Cc2ccccc2)NC(=O)C1)C1CCCC1. The van der Waals surface area contributed by atoms with Gasteiger partial charge in [0.1, 0.15) is 12.4 Å². The van der Waals surface area contributed by atoms with Crippen LogP contribution in [0.5, 0.6) is 5.75 Å². The monoisotopic (exact) mass is 554 g/mol. The standard InChI is InChI=1S/C30H39ClN4O4/c1-34(25-11-5-6-12-25)20-29(37)35-16-8-7-15-32-30(38)26-18-23(31)13-14-27(26)39-21-24(33-28(36)19-35)17-22-9-3-2-4-10-22/h2-4,9-10,13-14,18,24-25H,5-8,11-12,15-17,19-21H2,1H3,(H,32,38)(H,33,36)/t24-/m0/s1. The van der Waals surface area contributed by atoms with Crippen LogP contribution in [-0.4, -0.2) is 79.4 Å². The molecule has 2 N–H and O–H groups in total. The second kappa shape index (κ2) is 14.3. The van der Waals surface area contributed by atoms with Gasteiger partial charge < -0.3 is 20.3 Å². The van der Waals surface area contributed by atoms with Gasteiger partial charge in [0.2, 0.25) is 11.8 Å². The van der Waals surface area contributed by atoms with Crippen LogP contribution in [0.1, 0.15) is 54.4 Å². The lowest BCUT2D eigenvalue weighted by atomic mass is 10.1. The molecule has 2 aliphatic rings. The largest absolute Gasteiger partial charge is 0.491 e. The molecule has 1 heterocycles. The summed E-state index contributed by atoms with van der Waals surface area (Å²) in [5.41, 5.74) is 1.40. The molecule has 9 heteroatoms. The maximum atomic E-state index is 13.3. The number of hydrogen-bond acceptors (Lipinski definition) is 5. The molecule has 1 aliphatic heterocycles. The quantitative estimate of drug-likeness (QED) is 0.588. The fourth-order valence-electron chi connectivity index (χ4n) is 5.30. The Morgan fingerprint density at radius 1 is 1.08 bits per heavy atom. The first-order valence-electron chi connectivity index (χ1n) is 13.9. The highest BCUT2D eigenvalue weighted by Crippen LogP contribution is 2.24. The van der Waals surface area contributed by atoms with E-state index in [1.807, 2.05) is 37.4 Å². The van der Waals surface area contributed by atoms with Crippen molar-refractivity contribution >= 4 is 29.3 Å². The average molecular weight is 555 g/mol. The number of hydrogen-bond donors (Lipinski definition) is 2. The second-order valence-electron chi connectivity index (χ2n) is 10.5. The van der Waals surface area contributed by atoms with E-state index in [0.29, 0.717) is 61.3 Å². The Kier molecular flexibility index (Phi) is 10.6. The molecule has 2 aromatic rings. The molecule has 210 valence electrons. The fourth-order valence-corrected chi connectivity index (χ4v) is 5.47. The van der Waals surface area contributed by atoms with Crippen LogP contribution in [0.3, 0.4) is 0 Å². The number of nitrogens with one attached hydrogen (secondary N) is 2. The minimum Gasteiger partial charge on any atom is -0.491 e. The lowest BCUT2D eigenvalue weighted by Crippen LogP contribution is -2.49. The molecular formula is C30H39ClN4O4. The summed E-state index contributed by atoms with van der Waals surface area (Å²) < 4.78 is 6.08. The van der Waals surface area contributed by atoms with Gasteiger partial charge in [-0.2, -0.15) is 0 Å². The first kappa shape index (κ1) is 28.9. The number of benzene rings is 2. The summed E-state index contributed by atoms with van der Waals surface area (Å²) >= 11 is 6.18. The van der Waals surface area contributed by atoms with Crippen molar-refractivity contribution in [2.75, 3.05) is 39.8 Å². The third kappa shape index (κ3) is 8.70. The normalized spacial score (nSPS) is 19.9. The number of ether oxygens (including phenoxy) is 1. The van der Waals surface area contributed by atoms with Gasteiger partial charge in [0.15, 0.2) is 0 Å². The molecule has 1 fully saturated rings. The fraction of sp³-hybridized carbons (Fsp3) is 0.500. The van der Waals surface area contributed by atoms with Crippen LogP contribution in [0.4, 0.5) is 0 Å². The molecule has 0 bridgehead atoms. The summed E-state index contributed by atoms with van der Waals surface area (Å²) in [6, 6.07) is 14.8. The highest BCUT2D eigenvalue weighted by molar-refractivity contribution is 6.31. The van der Waals surface area contributed by atoms with Gasteiger partial charge in [-0.05, 0) is 62.9 Å². The summed E-state index contributed by atoms with van der Waals surface area (Å²) in [7, 11) is 1.99. The minimum atomic E-state index is -0.366. The molecule has 3 amide bonds. The Labute approximate surface area is 236 Å². The number of carbonyl (C=O) groups is 3. The van der Waals surface area contributed by atoms with Crippen LogP contribution < -0.4 is 15.4 Å². The number of nitrogens with zero attached hydrogens (tertiary/aromatic N) is 2. The smallest absolute Gasteiger partial charge is 0.255 e. The molecule has 2 aromatic carbocycles. The van der Waals surface area contributed by atoms with Crippen molar-refractivity contribution in [1.29, 1.82) is 0 Å². The number of fused-ring (bicyclic) bond motifs is 1. The Morgan fingerprint density at radius 2 is 1.85 bits per heavy atom. The molecule has 1 saturated carbocycles. The summed E-state index contributed by atoms with van der Waals surface area (Å²) in [6.45, 7) is 1.32. The zero-order chi connectivity index (χ0) is 27.6. The molecule has 8 nitrogen and oxygen atoms in total. The highest BCUT2D eigenvalue weighted by Gasteiger charge is 2.26. The van der Waals surface area contributed by atoms with E-state index in [0.717, 1.165) is 18.4 Å². The first-order chi connectivity index (χ1) is 18.9. The maximum absolute atomic E-state index is 13.3. The van der Waals surface area contributed by atoms with Crippen molar-refractivity contribution in [3.63, 3.8) is 0 Å². The molecule has 0 spiro atoms. The van der Waals surface area contributed by atoms with Gasteiger partial charge in [-0.15, -0.1) is 0 Å². The summed E-state index contributed by atoms with van der Waals surface area (Å²) in [5, 5.41) is 6.46. The molecule has 1 aliphatic carbocycles. The van der Waals surface area contributed by atoms with E-state index in [2.05, 4.69) is 15.5 Å². The van der Waals surface area contributed by atoms with Gasteiger partial charge in [0.05, 0.1) is 24.7 Å². The maximum Gasteiger partial charge on any atom is 0.255 e. The van der Waals surface area contributed by atoms with Crippen molar-refractivity contribution in [1.82, 2.24) is 20.4 Å². The van der Waals surface area contributed by atoms with Crippen LogP contribution in [0.25, 0.3) is 0 Å². The molecule has 0 aromatic heterocycles. The number of amides is 3. The van der Waals surface area contributed by atoms with Gasteiger partial charge in [0, 0.05) is 24.2 Å². The van der Waals surface area contributed by atoms with Crippen molar-refractivity contribution in [3.8, 4) is 5.75 Å². The molecular weight excluding hydrogens is 516 g/mol. The molecule has 0 radical (unpaired) electrons. The van der Waals surface area contributed by atoms with E-state index in [4.69, 9.17) is 16.3 Å². The van der Waals surface area contributed by atoms with Crippen LogP contribution in [0, 0.1) is 0 Å². The van der Waals surface area contributed by atoms with Crippen molar-refractivity contribution < 1.29 is 19.1 Å². The predicted octanol–water partition coefficient (Wildman–Crippen LogP) is 3.67. The van der Waals surface area contributed by atoms with Crippen LogP contribution in [-0.2, 0) is 16.0 Å².